The highest BCUT2D eigenvalue weighted by Gasteiger charge is 2.42. The zero-order valence-electron chi connectivity index (χ0n) is 13.1. The summed E-state index contributed by atoms with van der Waals surface area (Å²) in [6.45, 7) is 3.03. The van der Waals surface area contributed by atoms with E-state index in [-0.39, 0.29) is 23.6 Å². The van der Waals surface area contributed by atoms with Crippen LogP contribution in [0.25, 0.3) is 5.69 Å². The van der Waals surface area contributed by atoms with Crippen molar-refractivity contribution in [2.24, 2.45) is 0 Å². The normalized spacial score (nSPS) is 11.1. The molecule has 0 spiro atoms. The lowest BCUT2D eigenvalue weighted by atomic mass is 10.2. The van der Waals surface area contributed by atoms with Crippen molar-refractivity contribution in [3.63, 3.8) is 0 Å². The van der Waals surface area contributed by atoms with Crippen molar-refractivity contribution in [3.8, 4) is 5.69 Å². The molecule has 0 saturated heterocycles. The van der Waals surface area contributed by atoms with Gasteiger partial charge in [0.15, 0.2) is 11.4 Å². The molecule has 1 aromatic heterocycles. The minimum atomic E-state index is -4.93. The van der Waals surface area contributed by atoms with Crippen LogP contribution in [0.5, 0.6) is 0 Å². The molecule has 2 aromatic rings. The van der Waals surface area contributed by atoms with Crippen molar-refractivity contribution in [1.29, 1.82) is 0 Å². The van der Waals surface area contributed by atoms with E-state index in [1.54, 1.807) is 0 Å². The lowest BCUT2D eigenvalue weighted by Crippen LogP contribution is -2.33. The van der Waals surface area contributed by atoms with Crippen LogP contribution in [-0.2, 0) is 6.18 Å². The van der Waals surface area contributed by atoms with Crippen LogP contribution in [-0.4, -0.2) is 40.5 Å². The molecule has 0 aliphatic heterocycles. The van der Waals surface area contributed by atoms with Gasteiger partial charge in [0, 0.05) is 13.1 Å². The van der Waals surface area contributed by atoms with E-state index in [9.17, 15) is 22.4 Å². The fourth-order valence-corrected chi connectivity index (χ4v) is 2.01. The van der Waals surface area contributed by atoms with E-state index in [1.165, 1.54) is 12.1 Å². The van der Waals surface area contributed by atoms with E-state index < -0.39 is 35.0 Å². The minimum absolute atomic E-state index is 0. The van der Waals surface area contributed by atoms with Crippen LogP contribution < -0.4 is 10.6 Å². The van der Waals surface area contributed by atoms with E-state index >= 15 is 0 Å². The van der Waals surface area contributed by atoms with Crippen molar-refractivity contribution in [1.82, 2.24) is 25.6 Å². The molecule has 2 N–H and O–H groups in total. The van der Waals surface area contributed by atoms with Crippen LogP contribution in [0, 0.1) is 5.82 Å². The van der Waals surface area contributed by atoms with Crippen LogP contribution >= 0.6 is 12.4 Å². The molecule has 2 rings (SSSR count). The molecule has 0 radical (unpaired) electrons. The van der Waals surface area contributed by atoms with Gasteiger partial charge in [0.05, 0.1) is 0 Å². The third-order valence-corrected chi connectivity index (χ3v) is 3.07. The molecule has 0 bridgehead atoms. The van der Waals surface area contributed by atoms with Gasteiger partial charge < -0.3 is 10.6 Å². The number of carbonyl (C=O) groups excluding carboxylic acids is 1. The molecule has 0 atom stereocenters. The lowest BCUT2D eigenvalue weighted by Gasteiger charge is -2.11. The number of rotatable bonds is 6. The molecule has 6 nitrogen and oxygen atoms in total. The Balaban J connectivity index is 0.00000312. The average molecular weight is 382 g/mol. The predicted octanol–water partition coefficient (Wildman–Crippen LogP) is 2.19. The van der Waals surface area contributed by atoms with Crippen molar-refractivity contribution < 1.29 is 22.4 Å². The predicted molar refractivity (Wildman–Crippen MR) is 84.4 cm³/mol. The van der Waals surface area contributed by atoms with Gasteiger partial charge in [0.1, 0.15) is 11.5 Å². The third kappa shape index (κ3) is 4.89. The smallest absolute Gasteiger partial charge is 0.349 e. The molecule has 25 heavy (non-hydrogen) atoms. The van der Waals surface area contributed by atoms with Gasteiger partial charge in [-0.2, -0.15) is 13.2 Å². The quantitative estimate of drug-likeness (QED) is 0.594. The largest absolute Gasteiger partial charge is 0.435 e. The van der Waals surface area contributed by atoms with Gasteiger partial charge in [0.2, 0.25) is 0 Å². The molecule has 0 aliphatic carbocycles. The second-order valence-corrected chi connectivity index (χ2v) is 4.76. The monoisotopic (exact) mass is 381 g/mol. The number of halogens is 5. The Morgan fingerprint density at radius 2 is 1.92 bits per heavy atom. The molecule has 1 heterocycles. The second kappa shape index (κ2) is 8.77. The van der Waals surface area contributed by atoms with E-state index in [2.05, 4.69) is 20.9 Å². The number of hydrogen-bond donors (Lipinski definition) is 2. The van der Waals surface area contributed by atoms with Gasteiger partial charge in [-0.1, -0.05) is 24.3 Å². The fraction of sp³-hybridized carbons (Fsp3) is 0.357. The highest BCUT2D eigenvalue weighted by atomic mass is 35.5. The van der Waals surface area contributed by atoms with Gasteiger partial charge in [-0.25, -0.2) is 9.07 Å². The van der Waals surface area contributed by atoms with E-state index in [4.69, 9.17) is 0 Å². The number of carbonyl (C=O) groups is 1. The zero-order chi connectivity index (χ0) is 17.7. The topological polar surface area (TPSA) is 71.8 Å². The summed E-state index contributed by atoms with van der Waals surface area (Å²) in [5, 5.41) is 11.8. The van der Waals surface area contributed by atoms with Crippen LogP contribution in [0.4, 0.5) is 17.6 Å². The SMILES string of the molecule is CCNCCNC(=O)c1nnn(-c2ccccc2F)c1C(F)(F)F.Cl. The molecular formula is C14H16ClF4N5O. The Hall–Kier alpha value is -2.20. The Kier molecular flexibility index (Phi) is 7.31. The van der Waals surface area contributed by atoms with E-state index in [1.807, 2.05) is 6.92 Å². The third-order valence-electron chi connectivity index (χ3n) is 3.07. The Labute approximate surface area is 147 Å². The first-order chi connectivity index (χ1) is 11.4. The first-order valence-electron chi connectivity index (χ1n) is 7.13. The Morgan fingerprint density at radius 1 is 1.24 bits per heavy atom. The van der Waals surface area contributed by atoms with Crippen molar-refractivity contribution in [2.75, 3.05) is 19.6 Å². The first kappa shape index (κ1) is 20.8. The summed E-state index contributed by atoms with van der Waals surface area (Å²) in [4.78, 5) is 12.0. The van der Waals surface area contributed by atoms with E-state index in [0.29, 0.717) is 13.1 Å². The summed E-state index contributed by atoms with van der Waals surface area (Å²) in [7, 11) is 0. The number of aromatic nitrogens is 3. The van der Waals surface area contributed by atoms with Crippen molar-refractivity contribution >= 4 is 18.3 Å². The fourth-order valence-electron chi connectivity index (χ4n) is 2.01. The summed E-state index contributed by atoms with van der Waals surface area (Å²) < 4.78 is 54.1. The minimum Gasteiger partial charge on any atom is -0.349 e. The van der Waals surface area contributed by atoms with Gasteiger partial charge in [-0.3, -0.25) is 4.79 Å². The van der Waals surface area contributed by atoms with Crippen LogP contribution in [0.2, 0.25) is 0 Å². The highest BCUT2D eigenvalue weighted by Crippen LogP contribution is 2.33. The number of para-hydroxylation sites is 1. The van der Waals surface area contributed by atoms with Crippen LogP contribution in [0.15, 0.2) is 24.3 Å². The molecule has 0 aliphatic rings. The molecule has 0 unspecified atom stereocenters. The first-order valence-corrected chi connectivity index (χ1v) is 7.13. The summed E-state index contributed by atoms with van der Waals surface area (Å²) in [6, 6.07) is 4.80. The van der Waals surface area contributed by atoms with Gasteiger partial charge in [-0.05, 0) is 18.7 Å². The summed E-state index contributed by atoms with van der Waals surface area (Å²) in [6.07, 6.45) is -4.93. The molecule has 11 heteroatoms. The summed E-state index contributed by atoms with van der Waals surface area (Å²) in [5.74, 6) is -1.94. The van der Waals surface area contributed by atoms with Crippen LogP contribution in [0.3, 0.4) is 0 Å². The van der Waals surface area contributed by atoms with E-state index in [0.717, 1.165) is 12.1 Å². The lowest BCUT2D eigenvalue weighted by molar-refractivity contribution is -0.143. The zero-order valence-corrected chi connectivity index (χ0v) is 13.9. The van der Waals surface area contributed by atoms with Crippen molar-refractivity contribution in [2.45, 2.75) is 13.1 Å². The highest BCUT2D eigenvalue weighted by molar-refractivity contribution is 5.93. The number of alkyl halides is 3. The number of hydrogen-bond acceptors (Lipinski definition) is 4. The maximum atomic E-state index is 13.8. The van der Waals surface area contributed by atoms with Gasteiger partial charge in [0.25, 0.3) is 5.91 Å². The molecule has 1 aromatic carbocycles. The number of nitrogens with one attached hydrogen (secondary N) is 2. The Morgan fingerprint density at radius 3 is 2.52 bits per heavy atom. The maximum absolute atomic E-state index is 13.8. The average Bonchev–Trinajstić information content (AvgIpc) is 2.97. The molecular weight excluding hydrogens is 366 g/mol. The summed E-state index contributed by atoms with van der Waals surface area (Å²) in [5.41, 5.74) is -2.76. The van der Waals surface area contributed by atoms with Crippen LogP contribution in [0.1, 0.15) is 23.1 Å². The standard InChI is InChI=1S/C14H15F4N5O.ClH/c1-2-19-7-8-20-13(24)11-12(14(16,17)18)23(22-21-11)10-6-4-3-5-9(10)15;/h3-6,19H,2,7-8H2,1H3,(H,20,24);1H. The summed E-state index contributed by atoms with van der Waals surface area (Å²) >= 11 is 0. The van der Waals surface area contributed by atoms with Crippen molar-refractivity contribution in [3.05, 3.63) is 41.5 Å². The maximum Gasteiger partial charge on any atom is 0.435 e. The van der Waals surface area contributed by atoms with Gasteiger partial charge >= 0.3 is 6.18 Å². The number of benzene rings is 1. The Bertz CT molecular complexity index is 719. The molecule has 1 amide bonds. The number of likely N-dealkylation sites (N-methyl/N-ethyl adjacent to an activating group) is 1. The molecule has 0 fully saturated rings. The number of amides is 1. The second-order valence-electron chi connectivity index (χ2n) is 4.76. The molecule has 0 saturated carbocycles. The molecule has 138 valence electrons. The number of nitrogens with zero attached hydrogens (tertiary/aromatic N) is 3. The van der Waals surface area contributed by atoms with Gasteiger partial charge in [-0.15, -0.1) is 17.5 Å².